The molecule has 3 fully saturated rings. The standard InChI is InChI=1S/C32H37FN6O2/c1-21-5-3-6-23-7-4-8-28(29(21)23)38-13-12-26-27(19-38)34-32(41-20-25-11-14-39(25)24-9-10-24)35-30(26)36-15-17-37(18-16-36)31(40)22(2)33/h3-8,24-25H,2,9-20H2,1H3. The number of rotatable bonds is 7. The van der Waals surface area contributed by atoms with Crippen LogP contribution in [0.4, 0.5) is 15.9 Å². The molecule has 2 saturated heterocycles. The van der Waals surface area contributed by atoms with Gasteiger partial charge < -0.3 is 19.4 Å². The Morgan fingerprint density at radius 3 is 2.49 bits per heavy atom. The SMILES string of the molecule is C=C(F)C(=O)N1CCN(c2nc(OCC3CCN3C3CC3)nc3c2CCN(c2cccc4cccc(C)c24)C3)CC1. The zero-order valence-electron chi connectivity index (χ0n) is 23.7. The second-order valence-electron chi connectivity index (χ2n) is 11.8. The highest BCUT2D eigenvalue weighted by Gasteiger charge is 2.40. The van der Waals surface area contributed by atoms with Crippen LogP contribution < -0.4 is 14.5 Å². The average molecular weight is 557 g/mol. The number of aromatic nitrogens is 2. The maximum absolute atomic E-state index is 13.5. The molecule has 3 aromatic rings. The number of halogens is 1. The third-order valence-electron chi connectivity index (χ3n) is 9.16. The summed E-state index contributed by atoms with van der Waals surface area (Å²) < 4.78 is 19.8. The normalized spacial score (nSPS) is 21.0. The molecule has 1 unspecified atom stereocenters. The highest BCUT2D eigenvalue weighted by molar-refractivity contribution is 5.97. The summed E-state index contributed by atoms with van der Waals surface area (Å²) in [7, 11) is 0. The molecule has 8 nitrogen and oxygen atoms in total. The topological polar surface area (TPSA) is 65.0 Å². The van der Waals surface area contributed by atoms with Crippen LogP contribution in [0.2, 0.25) is 0 Å². The van der Waals surface area contributed by atoms with Gasteiger partial charge in [-0.3, -0.25) is 9.69 Å². The third kappa shape index (κ3) is 5.01. The summed E-state index contributed by atoms with van der Waals surface area (Å²) >= 11 is 0. The number of aryl methyl sites for hydroxylation is 1. The summed E-state index contributed by atoms with van der Waals surface area (Å²) in [6.07, 6.45) is 4.55. The predicted molar refractivity (Wildman–Crippen MR) is 158 cm³/mol. The molecular formula is C32H37FN6O2. The van der Waals surface area contributed by atoms with Gasteiger partial charge in [-0.2, -0.15) is 9.97 Å². The van der Waals surface area contributed by atoms with Crippen LogP contribution in [0, 0.1) is 6.92 Å². The van der Waals surface area contributed by atoms with Gasteiger partial charge in [0.05, 0.1) is 12.2 Å². The predicted octanol–water partition coefficient (Wildman–Crippen LogP) is 4.25. The Bertz CT molecular complexity index is 1490. The number of hydrogen-bond donors (Lipinski definition) is 0. The molecule has 1 aliphatic carbocycles. The Hall–Kier alpha value is -3.72. The van der Waals surface area contributed by atoms with E-state index in [2.05, 4.69) is 64.6 Å². The minimum absolute atomic E-state index is 0.424. The lowest BCUT2D eigenvalue weighted by Crippen LogP contribution is -2.52. The van der Waals surface area contributed by atoms with E-state index in [-0.39, 0.29) is 0 Å². The van der Waals surface area contributed by atoms with Crippen molar-refractivity contribution in [2.45, 2.75) is 51.2 Å². The van der Waals surface area contributed by atoms with Crippen LogP contribution in [0.3, 0.4) is 0 Å². The van der Waals surface area contributed by atoms with E-state index in [1.54, 1.807) is 0 Å². The number of piperazine rings is 1. The fraction of sp³-hybridized carbons (Fsp3) is 0.469. The molecule has 1 saturated carbocycles. The number of fused-ring (bicyclic) bond motifs is 2. The van der Waals surface area contributed by atoms with Crippen molar-refractivity contribution in [2.24, 2.45) is 0 Å². The fourth-order valence-corrected chi connectivity index (χ4v) is 6.68. The number of anilines is 2. The van der Waals surface area contributed by atoms with Gasteiger partial charge in [0.2, 0.25) is 0 Å². The molecule has 1 atom stereocenters. The smallest absolute Gasteiger partial charge is 0.318 e. The summed E-state index contributed by atoms with van der Waals surface area (Å²) in [5.41, 5.74) is 4.62. The van der Waals surface area contributed by atoms with Crippen molar-refractivity contribution in [3.8, 4) is 6.01 Å². The lowest BCUT2D eigenvalue weighted by Gasteiger charge is -2.41. The first kappa shape index (κ1) is 26.2. The fourth-order valence-electron chi connectivity index (χ4n) is 6.68. The van der Waals surface area contributed by atoms with Gasteiger partial charge in [0.15, 0.2) is 5.83 Å². The number of likely N-dealkylation sites (tertiary alicyclic amines) is 1. The van der Waals surface area contributed by atoms with Crippen molar-refractivity contribution in [1.82, 2.24) is 19.8 Å². The van der Waals surface area contributed by atoms with E-state index >= 15 is 0 Å². The molecule has 214 valence electrons. The Kier molecular flexibility index (Phi) is 6.77. The van der Waals surface area contributed by atoms with Crippen LogP contribution in [-0.2, 0) is 17.8 Å². The molecule has 7 rings (SSSR count). The van der Waals surface area contributed by atoms with E-state index in [4.69, 9.17) is 14.7 Å². The van der Waals surface area contributed by atoms with Crippen LogP contribution >= 0.6 is 0 Å². The molecule has 1 aromatic heterocycles. The van der Waals surface area contributed by atoms with Crippen LogP contribution in [0.1, 0.15) is 36.1 Å². The second-order valence-corrected chi connectivity index (χ2v) is 11.8. The van der Waals surface area contributed by atoms with Gasteiger partial charge >= 0.3 is 6.01 Å². The maximum atomic E-state index is 13.5. The average Bonchev–Trinajstić information content (AvgIpc) is 3.80. The van der Waals surface area contributed by atoms with Crippen LogP contribution in [0.25, 0.3) is 10.8 Å². The van der Waals surface area contributed by atoms with Crippen LogP contribution in [0.15, 0.2) is 48.8 Å². The highest BCUT2D eigenvalue weighted by Crippen LogP contribution is 2.37. The van der Waals surface area contributed by atoms with E-state index in [0.29, 0.717) is 51.4 Å². The largest absolute Gasteiger partial charge is 0.462 e. The second kappa shape index (κ2) is 10.6. The first-order valence-electron chi connectivity index (χ1n) is 14.9. The van der Waals surface area contributed by atoms with E-state index < -0.39 is 11.7 Å². The summed E-state index contributed by atoms with van der Waals surface area (Å²) in [6, 6.07) is 14.5. The maximum Gasteiger partial charge on any atom is 0.318 e. The summed E-state index contributed by atoms with van der Waals surface area (Å²) in [5, 5.41) is 2.52. The Morgan fingerprint density at radius 2 is 1.78 bits per heavy atom. The van der Waals surface area contributed by atoms with Crippen molar-refractivity contribution in [2.75, 3.05) is 55.7 Å². The summed E-state index contributed by atoms with van der Waals surface area (Å²) in [5.74, 6) is -0.647. The molecular weight excluding hydrogens is 519 g/mol. The Morgan fingerprint density at radius 1 is 1.00 bits per heavy atom. The lowest BCUT2D eigenvalue weighted by atomic mass is 9.99. The molecule has 2 aromatic carbocycles. The number of hydrogen-bond acceptors (Lipinski definition) is 7. The van der Waals surface area contributed by atoms with E-state index in [1.165, 1.54) is 39.8 Å². The number of carbonyl (C=O) groups is 1. The Labute approximate surface area is 240 Å². The van der Waals surface area contributed by atoms with Crippen molar-refractivity contribution in [1.29, 1.82) is 0 Å². The van der Waals surface area contributed by atoms with E-state index in [9.17, 15) is 9.18 Å². The minimum Gasteiger partial charge on any atom is -0.462 e. The van der Waals surface area contributed by atoms with Crippen LogP contribution in [0.5, 0.6) is 6.01 Å². The van der Waals surface area contributed by atoms with Gasteiger partial charge in [0.25, 0.3) is 5.91 Å². The van der Waals surface area contributed by atoms with Gasteiger partial charge in [-0.25, -0.2) is 4.39 Å². The molecule has 4 aliphatic rings. The molecule has 0 radical (unpaired) electrons. The number of ether oxygens (including phenoxy) is 1. The monoisotopic (exact) mass is 556 g/mol. The summed E-state index contributed by atoms with van der Waals surface area (Å²) in [6.45, 7) is 10.6. The van der Waals surface area contributed by atoms with Crippen LogP contribution in [-0.4, -0.2) is 83.6 Å². The lowest BCUT2D eigenvalue weighted by molar-refractivity contribution is -0.128. The number of carbonyl (C=O) groups excluding carboxylic acids is 1. The molecule has 1 amide bonds. The molecule has 41 heavy (non-hydrogen) atoms. The first-order valence-corrected chi connectivity index (χ1v) is 14.9. The quantitative estimate of drug-likeness (QED) is 0.403. The molecule has 0 N–H and O–H groups in total. The number of nitrogens with zero attached hydrogens (tertiary/aromatic N) is 6. The highest BCUT2D eigenvalue weighted by atomic mass is 19.1. The van der Waals surface area contributed by atoms with Gasteiger partial charge in [0, 0.05) is 68.0 Å². The van der Waals surface area contributed by atoms with Crippen molar-refractivity contribution in [3.05, 3.63) is 65.6 Å². The van der Waals surface area contributed by atoms with E-state index in [1.807, 2.05) is 0 Å². The van der Waals surface area contributed by atoms with Gasteiger partial charge in [-0.15, -0.1) is 0 Å². The van der Waals surface area contributed by atoms with Gasteiger partial charge in [-0.05, 0) is 49.6 Å². The zero-order valence-corrected chi connectivity index (χ0v) is 23.7. The molecule has 0 spiro atoms. The van der Waals surface area contributed by atoms with Crippen molar-refractivity contribution < 1.29 is 13.9 Å². The number of benzene rings is 2. The molecule has 9 heteroatoms. The third-order valence-corrected chi connectivity index (χ3v) is 9.16. The molecule has 0 bridgehead atoms. The van der Waals surface area contributed by atoms with Crippen molar-refractivity contribution in [3.63, 3.8) is 0 Å². The zero-order chi connectivity index (χ0) is 28.1. The van der Waals surface area contributed by atoms with Gasteiger partial charge in [0.1, 0.15) is 12.4 Å². The molecule has 3 aliphatic heterocycles. The first-order chi connectivity index (χ1) is 20.0. The number of amides is 1. The van der Waals surface area contributed by atoms with E-state index in [0.717, 1.165) is 49.0 Å². The molecule has 4 heterocycles. The minimum atomic E-state index is -0.909. The van der Waals surface area contributed by atoms with Gasteiger partial charge in [-0.1, -0.05) is 36.9 Å². The Balaban J connectivity index is 1.17. The summed E-state index contributed by atoms with van der Waals surface area (Å²) in [4.78, 5) is 30.8. The van der Waals surface area contributed by atoms with Crippen molar-refractivity contribution >= 4 is 28.2 Å².